The van der Waals surface area contributed by atoms with E-state index in [4.69, 9.17) is 9.84 Å². The van der Waals surface area contributed by atoms with Gasteiger partial charge in [-0.1, -0.05) is 24.3 Å². The molecule has 1 amide bonds. The molecule has 5 heteroatoms. The van der Waals surface area contributed by atoms with Crippen LogP contribution in [0, 0.1) is 6.92 Å². The number of unbranched alkanes of at least 4 members (excludes halogenated alkanes) is 1. The van der Waals surface area contributed by atoms with E-state index in [-0.39, 0.29) is 18.7 Å². The normalized spacial score (nSPS) is 10.2. The molecule has 2 rings (SSSR count). The highest BCUT2D eigenvalue weighted by molar-refractivity contribution is 5.92. The first kappa shape index (κ1) is 17.5. The van der Waals surface area contributed by atoms with Crippen molar-refractivity contribution in [3.8, 4) is 11.5 Å². The zero-order chi connectivity index (χ0) is 17.4. The maximum Gasteiger partial charge on any atom is 0.303 e. The lowest BCUT2D eigenvalue weighted by atomic mass is 10.2. The molecule has 24 heavy (non-hydrogen) atoms. The number of carboxylic acid groups (broad SMARTS) is 1. The van der Waals surface area contributed by atoms with E-state index in [2.05, 4.69) is 5.32 Å². The molecule has 0 unspecified atom stereocenters. The van der Waals surface area contributed by atoms with Gasteiger partial charge in [-0.15, -0.1) is 0 Å². The Bertz CT molecular complexity index is 712. The van der Waals surface area contributed by atoms with Crippen LogP contribution < -0.4 is 10.1 Å². The topological polar surface area (TPSA) is 75.6 Å². The van der Waals surface area contributed by atoms with Gasteiger partial charge in [-0.3, -0.25) is 9.59 Å². The van der Waals surface area contributed by atoms with Crippen LogP contribution in [0.4, 0.5) is 5.69 Å². The van der Waals surface area contributed by atoms with Crippen LogP contribution in [0.25, 0.3) is 0 Å². The van der Waals surface area contributed by atoms with E-state index < -0.39 is 5.97 Å². The van der Waals surface area contributed by atoms with Gasteiger partial charge in [-0.05, 0) is 49.6 Å². The number of amides is 1. The zero-order valence-electron chi connectivity index (χ0n) is 13.6. The lowest BCUT2D eigenvalue weighted by molar-refractivity contribution is -0.137. The number of benzene rings is 2. The first-order valence-corrected chi connectivity index (χ1v) is 7.90. The fraction of sp³-hybridized carbons (Fsp3) is 0.263. The van der Waals surface area contributed by atoms with Gasteiger partial charge in [-0.25, -0.2) is 0 Å². The minimum Gasteiger partial charge on any atom is -0.481 e. The zero-order valence-corrected chi connectivity index (χ0v) is 13.6. The molecular formula is C19H21NO4. The van der Waals surface area contributed by atoms with Crippen LogP contribution in [0.5, 0.6) is 11.5 Å². The maximum atomic E-state index is 12.0. The van der Waals surface area contributed by atoms with Gasteiger partial charge in [0.05, 0.1) is 5.69 Å². The second-order valence-corrected chi connectivity index (χ2v) is 5.56. The molecule has 0 saturated heterocycles. The van der Waals surface area contributed by atoms with Crippen molar-refractivity contribution in [1.82, 2.24) is 0 Å². The molecule has 0 aliphatic heterocycles. The average molecular weight is 327 g/mol. The van der Waals surface area contributed by atoms with Crippen molar-refractivity contribution in [2.75, 3.05) is 5.32 Å². The quantitative estimate of drug-likeness (QED) is 0.706. The average Bonchev–Trinajstić information content (AvgIpc) is 2.53. The standard InChI is InChI=1S/C19H21NO4/c1-14-7-6-8-15(13-14)24-17-10-3-2-9-16(17)20-18(21)11-4-5-12-19(22)23/h2-3,6-10,13H,4-5,11-12H2,1H3,(H,20,21)(H,22,23). The van der Waals surface area contributed by atoms with Gasteiger partial charge in [0.2, 0.25) is 5.91 Å². The number of hydrogen-bond donors (Lipinski definition) is 2. The predicted molar refractivity (Wildman–Crippen MR) is 92.4 cm³/mol. The molecule has 0 aliphatic carbocycles. The number of rotatable bonds is 8. The molecule has 0 bridgehead atoms. The molecule has 0 atom stereocenters. The van der Waals surface area contributed by atoms with E-state index in [1.807, 2.05) is 43.3 Å². The highest BCUT2D eigenvalue weighted by Gasteiger charge is 2.09. The third-order valence-electron chi connectivity index (χ3n) is 3.42. The highest BCUT2D eigenvalue weighted by Crippen LogP contribution is 2.29. The third-order valence-corrected chi connectivity index (χ3v) is 3.42. The van der Waals surface area contributed by atoms with E-state index in [1.54, 1.807) is 12.1 Å². The largest absolute Gasteiger partial charge is 0.481 e. The van der Waals surface area contributed by atoms with Crippen molar-refractivity contribution >= 4 is 17.6 Å². The number of hydrogen-bond acceptors (Lipinski definition) is 3. The van der Waals surface area contributed by atoms with Crippen molar-refractivity contribution < 1.29 is 19.4 Å². The summed E-state index contributed by atoms with van der Waals surface area (Å²) in [7, 11) is 0. The number of carbonyl (C=O) groups excluding carboxylic acids is 1. The number of aryl methyl sites for hydroxylation is 1. The van der Waals surface area contributed by atoms with Crippen LogP contribution in [0.2, 0.25) is 0 Å². The highest BCUT2D eigenvalue weighted by atomic mass is 16.5. The molecule has 0 aromatic heterocycles. The molecule has 0 fully saturated rings. The van der Waals surface area contributed by atoms with Crippen molar-refractivity contribution in [3.63, 3.8) is 0 Å². The van der Waals surface area contributed by atoms with E-state index in [1.165, 1.54) is 0 Å². The van der Waals surface area contributed by atoms with E-state index >= 15 is 0 Å². The number of anilines is 1. The first-order valence-electron chi connectivity index (χ1n) is 7.90. The van der Waals surface area contributed by atoms with Crippen LogP contribution in [-0.2, 0) is 9.59 Å². The van der Waals surface area contributed by atoms with Gasteiger partial charge in [0.15, 0.2) is 5.75 Å². The van der Waals surface area contributed by atoms with Gasteiger partial charge >= 0.3 is 5.97 Å². The molecule has 0 radical (unpaired) electrons. The summed E-state index contributed by atoms with van der Waals surface area (Å²) in [5.41, 5.74) is 1.69. The van der Waals surface area contributed by atoms with Gasteiger partial charge in [0.25, 0.3) is 0 Å². The molecule has 0 aliphatic rings. The Morgan fingerprint density at radius 2 is 1.79 bits per heavy atom. The summed E-state index contributed by atoms with van der Waals surface area (Å²) in [6.07, 6.45) is 1.40. The Hall–Kier alpha value is -2.82. The third kappa shape index (κ3) is 5.76. The Kier molecular flexibility index (Phi) is 6.37. The summed E-state index contributed by atoms with van der Waals surface area (Å²) in [6, 6.07) is 14.9. The summed E-state index contributed by atoms with van der Waals surface area (Å²) in [5.74, 6) is 0.285. The Labute approximate surface area is 141 Å². The summed E-state index contributed by atoms with van der Waals surface area (Å²) < 4.78 is 5.86. The first-order chi connectivity index (χ1) is 11.5. The smallest absolute Gasteiger partial charge is 0.303 e. The SMILES string of the molecule is Cc1cccc(Oc2ccccc2NC(=O)CCCCC(=O)O)c1. The molecular weight excluding hydrogens is 306 g/mol. The minimum absolute atomic E-state index is 0.0837. The fourth-order valence-corrected chi connectivity index (χ4v) is 2.24. The molecule has 126 valence electrons. The van der Waals surface area contributed by atoms with E-state index in [0.29, 0.717) is 30.0 Å². The second kappa shape index (κ2) is 8.72. The maximum absolute atomic E-state index is 12.0. The van der Waals surface area contributed by atoms with Crippen molar-refractivity contribution in [3.05, 3.63) is 54.1 Å². The monoisotopic (exact) mass is 327 g/mol. The fourth-order valence-electron chi connectivity index (χ4n) is 2.24. The number of carboxylic acids is 1. The van der Waals surface area contributed by atoms with Crippen LogP contribution >= 0.6 is 0 Å². The molecule has 0 saturated carbocycles. The van der Waals surface area contributed by atoms with E-state index in [0.717, 1.165) is 5.56 Å². The molecule has 2 aromatic rings. The van der Waals surface area contributed by atoms with Crippen molar-refractivity contribution in [1.29, 1.82) is 0 Å². The number of carbonyl (C=O) groups is 2. The summed E-state index contributed by atoms with van der Waals surface area (Å²) >= 11 is 0. The minimum atomic E-state index is -0.840. The molecule has 2 N–H and O–H groups in total. The van der Waals surface area contributed by atoms with Gasteiger partial charge in [-0.2, -0.15) is 0 Å². The predicted octanol–water partition coefficient (Wildman–Crippen LogP) is 4.37. The van der Waals surface area contributed by atoms with Crippen molar-refractivity contribution in [2.45, 2.75) is 32.6 Å². The Morgan fingerprint density at radius 1 is 1.04 bits per heavy atom. The van der Waals surface area contributed by atoms with Crippen LogP contribution in [0.15, 0.2) is 48.5 Å². The number of para-hydroxylation sites is 2. The van der Waals surface area contributed by atoms with E-state index in [9.17, 15) is 9.59 Å². The summed E-state index contributed by atoms with van der Waals surface area (Å²) in [4.78, 5) is 22.5. The number of aliphatic carboxylic acids is 1. The molecule has 2 aromatic carbocycles. The number of ether oxygens (including phenoxy) is 1. The molecule has 5 nitrogen and oxygen atoms in total. The lowest BCUT2D eigenvalue weighted by Gasteiger charge is -2.12. The number of nitrogens with one attached hydrogen (secondary N) is 1. The van der Waals surface area contributed by atoms with Gasteiger partial charge < -0.3 is 15.2 Å². The summed E-state index contributed by atoms with van der Waals surface area (Å²) in [5, 5.41) is 11.4. The van der Waals surface area contributed by atoms with Gasteiger partial charge in [0.1, 0.15) is 5.75 Å². The summed E-state index contributed by atoms with van der Waals surface area (Å²) in [6.45, 7) is 1.98. The van der Waals surface area contributed by atoms with Crippen LogP contribution in [0.1, 0.15) is 31.2 Å². The Morgan fingerprint density at radius 3 is 2.54 bits per heavy atom. The lowest BCUT2D eigenvalue weighted by Crippen LogP contribution is -2.12. The molecule has 0 spiro atoms. The second-order valence-electron chi connectivity index (χ2n) is 5.56. The van der Waals surface area contributed by atoms with Gasteiger partial charge in [0, 0.05) is 12.8 Å². The Balaban J connectivity index is 1.95. The van der Waals surface area contributed by atoms with Crippen LogP contribution in [-0.4, -0.2) is 17.0 Å². The molecule has 0 heterocycles. The van der Waals surface area contributed by atoms with Crippen molar-refractivity contribution in [2.24, 2.45) is 0 Å². The van der Waals surface area contributed by atoms with Crippen LogP contribution in [0.3, 0.4) is 0 Å².